The molecule has 0 spiro atoms. The quantitative estimate of drug-likeness (QED) is 0.731. The second-order valence-corrected chi connectivity index (χ2v) is 4.58. The van der Waals surface area contributed by atoms with E-state index in [1.807, 2.05) is 0 Å². The van der Waals surface area contributed by atoms with E-state index in [9.17, 15) is 0 Å². The summed E-state index contributed by atoms with van der Waals surface area (Å²) in [6.07, 6.45) is 1.20. The van der Waals surface area contributed by atoms with Gasteiger partial charge in [0.05, 0.1) is 11.7 Å². The average molecular weight is 223 g/mol. The third-order valence-electron chi connectivity index (χ3n) is 1.62. The first-order chi connectivity index (χ1) is 5.74. The van der Waals surface area contributed by atoms with Crippen molar-refractivity contribution in [2.45, 2.75) is 25.3 Å². The Bertz CT molecular complexity index is 239. The van der Waals surface area contributed by atoms with E-state index in [2.05, 4.69) is 22.6 Å². The average Bonchev–Trinajstić information content (AvgIpc) is 2.47. The van der Waals surface area contributed by atoms with Gasteiger partial charge in [0.1, 0.15) is 5.03 Å². The molecule has 1 aromatic rings. The normalized spacial score (nSPS) is 13.2. The first-order valence-corrected chi connectivity index (χ1v) is 5.94. The maximum atomic E-state index is 5.78. The molecule has 2 nitrogen and oxygen atoms in total. The predicted octanol–water partition coefficient (Wildman–Crippen LogP) is 3.33. The van der Waals surface area contributed by atoms with Crippen molar-refractivity contribution < 1.29 is 0 Å². The van der Waals surface area contributed by atoms with Crippen molar-refractivity contribution in [1.82, 2.24) is 8.75 Å². The van der Waals surface area contributed by atoms with Crippen LogP contribution in [0.25, 0.3) is 0 Å². The van der Waals surface area contributed by atoms with Gasteiger partial charge in [-0.25, -0.2) is 0 Å². The van der Waals surface area contributed by atoms with Gasteiger partial charge in [-0.05, 0) is 5.92 Å². The van der Waals surface area contributed by atoms with Crippen LogP contribution in [0.1, 0.15) is 20.3 Å². The van der Waals surface area contributed by atoms with Crippen LogP contribution in [-0.2, 0) is 0 Å². The van der Waals surface area contributed by atoms with Gasteiger partial charge in [-0.15, -0.1) is 11.8 Å². The Morgan fingerprint density at radius 2 is 2.33 bits per heavy atom. The van der Waals surface area contributed by atoms with Crippen LogP contribution in [0.4, 0.5) is 0 Å². The summed E-state index contributed by atoms with van der Waals surface area (Å²) in [7, 11) is 0. The predicted molar refractivity (Wildman–Crippen MR) is 55.1 cm³/mol. The molecule has 0 saturated carbocycles. The molecule has 1 atom stereocenters. The van der Waals surface area contributed by atoms with Crippen molar-refractivity contribution in [3.05, 3.63) is 5.15 Å². The van der Waals surface area contributed by atoms with E-state index < -0.39 is 0 Å². The molecule has 1 aromatic heterocycles. The highest BCUT2D eigenvalue weighted by atomic mass is 35.5. The molecule has 0 aliphatic heterocycles. The molecule has 0 aromatic carbocycles. The third-order valence-corrected chi connectivity index (χ3v) is 4.04. The first-order valence-electron chi connectivity index (χ1n) is 3.85. The summed E-state index contributed by atoms with van der Waals surface area (Å²) >= 11 is 8.65. The molecule has 12 heavy (non-hydrogen) atoms. The summed E-state index contributed by atoms with van der Waals surface area (Å²) in [5.74, 6) is 1.79. The molecular weight excluding hydrogens is 212 g/mol. The molecule has 5 heteroatoms. The number of aromatic nitrogens is 2. The Balaban J connectivity index is 2.38. The number of nitrogens with zero attached hydrogens (tertiary/aromatic N) is 2. The topological polar surface area (TPSA) is 25.8 Å². The van der Waals surface area contributed by atoms with Gasteiger partial charge in [0.2, 0.25) is 0 Å². The lowest BCUT2D eigenvalue weighted by atomic mass is 10.2. The van der Waals surface area contributed by atoms with Crippen molar-refractivity contribution in [2.24, 2.45) is 5.92 Å². The molecule has 0 radical (unpaired) electrons. The Hall–Kier alpha value is 0.200. The van der Waals surface area contributed by atoms with E-state index in [0.29, 0.717) is 11.1 Å². The largest absolute Gasteiger partial charge is 0.176 e. The highest BCUT2D eigenvalue weighted by Crippen LogP contribution is 2.26. The van der Waals surface area contributed by atoms with Crippen LogP contribution in [0.2, 0.25) is 5.15 Å². The minimum absolute atomic E-state index is 0.549. The molecule has 1 rings (SSSR count). The Morgan fingerprint density at radius 3 is 2.83 bits per heavy atom. The molecule has 0 amide bonds. The van der Waals surface area contributed by atoms with Gasteiger partial charge < -0.3 is 0 Å². The zero-order valence-electron chi connectivity index (χ0n) is 7.08. The highest BCUT2D eigenvalue weighted by molar-refractivity contribution is 7.99. The maximum absolute atomic E-state index is 5.78. The number of rotatable bonds is 4. The van der Waals surface area contributed by atoms with Crippen LogP contribution in [0.15, 0.2) is 5.03 Å². The molecule has 68 valence electrons. The van der Waals surface area contributed by atoms with Gasteiger partial charge in [0.25, 0.3) is 0 Å². The van der Waals surface area contributed by atoms with Crippen LogP contribution < -0.4 is 0 Å². The van der Waals surface area contributed by atoms with Gasteiger partial charge in [-0.1, -0.05) is 31.9 Å². The fraction of sp³-hybridized carbons (Fsp3) is 0.714. The van der Waals surface area contributed by atoms with Gasteiger partial charge >= 0.3 is 0 Å². The van der Waals surface area contributed by atoms with Gasteiger partial charge in [0, 0.05) is 5.75 Å². The van der Waals surface area contributed by atoms with Crippen molar-refractivity contribution in [2.75, 3.05) is 5.75 Å². The SMILES string of the molecule is CCC(C)CSc1nsnc1Cl. The summed E-state index contributed by atoms with van der Waals surface area (Å²) < 4.78 is 7.98. The molecule has 0 N–H and O–H groups in total. The van der Waals surface area contributed by atoms with E-state index in [-0.39, 0.29) is 0 Å². The molecular formula is C7H11ClN2S2. The van der Waals surface area contributed by atoms with Crippen LogP contribution in [0.5, 0.6) is 0 Å². The second-order valence-electron chi connectivity index (χ2n) is 2.68. The fourth-order valence-electron chi connectivity index (χ4n) is 0.595. The number of hydrogen-bond donors (Lipinski definition) is 0. The molecule has 0 saturated heterocycles. The van der Waals surface area contributed by atoms with Crippen molar-refractivity contribution in [1.29, 1.82) is 0 Å². The smallest absolute Gasteiger partial charge is 0.165 e. The number of halogens is 1. The maximum Gasteiger partial charge on any atom is 0.176 e. The molecule has 1 heterocycles. The summed E-state index contributed by atoms with van der Waals surface area (Å²) in [6, 6.07) is 0. The summed E-state index contributed by atoms with van der Waals surface area (Å²) in [6.45, 7) is 4.41. The van der Waals surface area contributed by atoms with E-state index >= 15 is 0 Å². The van der Waals surface area contributed by atoms with Crippen molar-refractivity contribution >= 4 is 35.1 Å². The molecule has 0 fully saturated rings. The Kier molecular flexibility index (Phi) is 4.32. The van der Waals surface area contributed by atoms with Crippen molar-refractivity contribution in [3.8, 4) is 0 Å². The number of thioether (sulfide) groups is 1. The minimum Gasteiger partial charge on any atom is -0.165 e. The lowest BCUT2D eigenvalue weighted by Crippen LogP contribution is -1.94. The summed E-state index contributed by atoms with van der Waals surface area (Å²) in [5.41, 5.74) is 0. The second kappa shape index (κ2) is 5.04. The highest BCUT2D eigenvalue weighted by Gasteiger charge is 2.07. The fourth-order valence-corrected chi connectivity index (χ4v) is 2.51. The zero-order valence-corrected chi connectivity index (χ0v) is 9.47. The molecule has 0 aliphatic rings. The minimum atomic E-state index is 0.549. The first kappa shape index (κ1) is 10.3. The molecule has 0 aliphatic carbocycles. The van der Waals surface area contributed by atoms with Crippen LogP contribution in [0.3, 0.4) is 0 Å². The van der Waals surface area contributed by atoms with E-state index in [4.69, 9.17) is 11.6 Å². The van der Waals surface area contributed by atoms with E-state index in [1.165, 1.54) is 18.1 Å². The lowest BCUT2D eigenvalue weighted by Gasteiger charge is -2.04. The number of hydrogen-bond acceptors (Lipinski definition) is 4. The van der Waals surface area contributed by atoms with Crippen LogP contribution in [0, 0.1) is 5.92 Å². The van der Waals surface area contributed by atoms with Crippen molar-refractivity contribution in [3.63, 3.8) is 0 Å². The van der Waals surface area contributed by atoms with Crippen LogP contribution in [-0.4, -0.2) is 14.5 Å². The summed E-state index contributed by atoms with van der Waals surface area (Å²) in [4.78, 5) is 0. The van der Waals surface area contributed by atoms with E-state index in [1.54, 1.807) is 11.8 Å². The molecule has 0 bridgehead atoms. The zero-order chi connectivity index (χ0) is 8.97. The Labute approximate surface area is 86.0 Å². The third kappa shape index (κ3) is 2.92. The standard InChI is InChI=1S/C7H11ClN2S2/c1-3-5(2)4-11-7-6(8)9-12-10-7/h5H,3-4H2,1-2H3. The molecule has 1 unspecified atom stereocenters. The Morgan fingerprint density at radius 1 is 1.58 bits per heavy atom. The lowest BCUT2D eigenvalue weighted by molar-refractivity contribution is 0.636. The van der Waals surface area contributed by atoms with Gasteiger partial charge in [0.15, 0.2) is 5.15 Å². The van der Waals surface area contributed by atoms with E-state index in [0.717, 1.165) is 10.8 Å². The summed E-state index contributed by atoms with van der Waals surface area (Å²) in [5, 5.41) is 1.43. The van der Waals surface area contributed by atoms with Gasteiger partial charge in [-0.3, -0.25) is 0 Å². The van der Waals surface area contributed by atoms with Crippen LogP contribution >= 0.6 is 35.1 Å². The van der Waals surface area contributed by atoms with Gasteiger partial charge in [-0.2, -0.15) is 8.75 Å². The monoisotopic (exact) mass is 222 g/mol.